The molecule has 1 aliphatic carbocycles. The highest BCUT2D eigenvalue weighted by Crippen LogP contribution is 2.32. The van der Waals surface area contributed by atoms with Gasteiger partial charge in [-0.25, -0.2) is 9.97 Å². The minimum atomic E-state index is -0.0408. The lowest BCUT2D eigenvalue weighted by atomic mass is 9.86. The maximum absolute atomic E-state index is 12.3. The van der Waals surface area contributed by atoms with Crippen molar-refractivity contribution in [3.05, 3.63) is 24.0 Å². The van der Waals surface area contributed by atoms with E-state index in [2.05, 4.69) is 36.1 Å². The predicted molar refractivity (Wildman–Crippen MR) is 113 cm³/mol. The molecule has 1 amide bonds. The van der Waals surface area contributed by atoms with Gasteiger partial charge in [-0.2, -0.15) is 0 Å². The molecule has 0 atom stereocenters. The van der Waals surface area contributed by atoms with Crippen molar-refractivity contribution in [1.29, 1.82) is 0 Å². The van der Waals surface area contributed by atoms with Gasteiger partial charge in [0.25, 0.3) is 0 Å². The van der Waals surface area contributed by atoms with Gasteiger partial charge in [0.2, 0.25) is 11.8 Å². The topological polar surface area (TPSA) is 94.0 Å². The summed E-state index contributed by atoms with van der Waals surface area (Å²) in [6, 6.07) is 0.246. The number of hydrogen-bond donors (Lipinski definition) is 2. The van der Waals surface area contributed by atoms with Crippen molar-refractivity contribution in [2.75, 3.05) is 5.32 Å². The molecule has 0 unspecified atom stereocenters. The number of thioether (sulfide) groups is 1. The van der Waals surface area contributed by atoms with E-state index in [-0.39, 0.29) is 35.7 Å². The molecular weight excluding hydrogens is 404 g/mol. The average molecular weight is 431 g/mol. The monoisotopic (exact) mass is 430 g/mol. The molecule has 0 radical (unpaired) electrons. The number of halogens is 1. The summed E-state index contributed by atoms with van der Waals surface area (Å²) in [5.74, 6) is 2.35. The quantitative estimate of drug-likeness (QED) is 0.673. The smallest absolute Gasteiger partial charge is 0.229 e. The van der Waals surface area contributed by atoms with Crippen LogP contribution in [-0.4, -0.2) is 21.9 Å². The molecule has 27 heavy (non-hydrogen) atoms. The average Bonchev–Trinajstić information content (AvgIpc) is 3.22. The van der Waals surface area contributed by atoms with Crippen molar-refractivity contribution < 1.29 is 9.21 Å². The molecular formula is C18H27ClN4O2S2. The fraction of sp³-hybridized carbons (Fsp3) is 0.611. The van der Waals surface area contributed by atoms with Gasteiger partial charge in [0, 0.05) is 17.4 Å². The number of hydrogen-bond acceptors (Lipinski definition) is 7. The van der Waals surface area contributed by atoms with Crippen molar-refractivity contribution in [2.45, 2.75) is 67.9 Å². The van der Waals surface area contributed by atoms with Gasteiger partial charge in [-0.15, -0.1) is 24.2 Å². The van der Waals surface area contributed by atoms with Crippen LogP contribution in [0.2, 0.25) is 0 Å². The Balaban J connectivity index is 0.00000261. The number of rotatable bonds is 5. The Morgan fingerprint density at radius 1 is 1.30 bits per heavy atom. The summed E-state index contributed by atoms with van der Waals surface area (Å²) in [5, 5.41) is 3.59. The van der Waals surface area contributed by atoms with E-state index in [0.29, 0.717) is 16.8 Å². The molecule has 0 bridgehead atoms. The summed E-state index contributed by atoms with van der Waals surface area (Å²) in [6.45, 7) is 6.30. The maximum Gasteiger partial charge on any atom is 0.229 e. The lowest BCUT2D eigenvalue weighted by Crippen LogP contribution is -2.32. The lowest BCUT2D eigenvalue weighted by Gasteiger charge is -2.24. The van der Waals surface area contributed by atoms with Gasteiger partial charge in [0.15, 0.2) is 5.13 Å². The van der Waals surface area contributed by atoms with E-state index in [1.165, 1.54) is 11.3 Å². The second-order valence-corrected chi connectivity index (χ2v) is 10.0. The second-order valence-electron chi connectivity index (χ2n) is 7.74. The molecule has 0 aliphatic heterocycles. The Labute approximate surface area is 174 Å². The first kappa shape index (κ1) is 22.2. The van der Waals surface area contributed by atoms with E-state index in [0.717, 1.165) is 35.7 Å². The highest BCUT2D eigenvalue weighted by Gasteiger charge is 2.25. The van der Waals surface area contributed by atoms with Crippen LogP contribution in [0.3, 0.4) is 0 Å². The summed E-state index contributed by atoms with van der Waals surface area (Å²) in [6.07, 6.45) is 7.15. The molecule has 0 spiro atoms. The highest BCUT2D eigenvalue weighted by molar-refractivity contribution is 8.00. The molecule has 1 aliphatic rings. The van der Waals surface area contributed by atoms with Gasteiger partial charge in [0.05, 0.1) is 22.4 Å². The Morgan fingerprint density at radius 2 is 2.00 bits per heavy atom. The Hall–Kier alpha value is -1.09. The van der Waals surface area contributed by atoms with Crippen molar-refractivity contribution in [1.82, 2.24) is 9.97 Å². The van der Waals surface area contributed by atoms with E-state index in [1.54, 1.807) is 24.2 Å². The van der Waals surface area contributed by atoms with Gasteiger partial charge in [-0.05, 0) is 25.7 Å². The standard InChI is InChI=1S/C18H26N4O2S2.ClH/c1-18(2,3)13-8-20-14(24-13)10-25-15-9-21-17(26-15)22-16(23)11-4-6-12(19)7-5-11;/h8-9,11-12H,4-7,10,19H2,1-3H3,(H,21,22,23);1H. The number of nitrogens with two attached hydrogens (primary N) is 1. The Kier molecular flexibility index (Phi) is 7.73. The van der Waals surface area contributed by atoms with Crippen LogP contribution in [0, 0.1) is 5.92 Å². The first-order chi connectivity index (χ1) is 12.3. The van der Waals surface area contributed by atoms with Crippen LogP contribution in [0.4, 0.5) is 5.13 Å². The van der Waals surface area contributed by atoms with Crippen molar-refractivity contribution in [3.8, 4) is 0 Å². The maximum atomic E-state index is 12.3. The molecule has 1 saturated carbocycles. The number of oxazole rings is 1. The highest BCUT2D eigenvalue weighted by atomic mass is 35.5. The van der Waals surface area contributed by atoms with Crippen LogP contribution in [0.1, 0.15) is 58.1 Å². The van der Waals surface area contributed by atoms with Crippen LogP contribution < -0.4 is 11.1 Å². The number of aromatic nitrogens is 2. The molecule has 3 rings (SSSR count). The normalized spacial score (nSPS) is 20.1. The lowest BCUT2D eigenvalue weighted by molar-refractivity contribution is -0.120. The molecule has 0 aromatic carbocycles. The minimum Gasteiger partial charge on any atom is -0.444 e. The third kappa shape index (κ3) is 6.20. The summed E-state index contributed by atoms with van der Waals surface area (Å²) in [5.41, 5.74) is 5.86. The van der Waals surface area contributed by atoms with Crippen LogP contribution in [0.15, 0.2) is 21.0 Å². The van der Waals surface area contributed by atoms with Crippen molar-refractivity contribution >= 4 is 46.5 Å². The number of carbonyl (C=O) groups is 1. The van der Waals surface area contributed by atoms with Crippen LogP contribution >= 0.6 is 35.5 Å². The predicted octanol–water partition coefficient (Wildman–Crippen LogP) is 4.60. The fourth-order valence-corrected chi connectivity index (χ4v) is 4.56. The SMILES string of the molecule is CC(C)(C)c1cnc(CSc2cnc(NC(=O)C3CCC(N)CC3)s2)o1.Cl. The van der Waals surface area contributed by atoms with Crippen LogP contribution in [0.5, 0.6) is 0 Å². The molecule has 1 fully saturated rings. The molecule has 2 heterocycles. The Morgan fingerprint density at radius 3 is 2.63 bits per heavy atom. The first-order valence-corrected chi connectivity index (χ1v) is 10.7. The van der Waals surface area contributed by atoms with Gasteiger partial charge >= 0.3 is 0 Å². The van der Waals surface area contributed by atoms with E-state index >= 15 is 0 Å². The molecule has 0 saturated heterocycles. The third-order valence-corrected chi connectivity index (χ3v) is 6.58. The number of nitrogens with one attached hydrogen (secondary N) is 1. The molecule has 6 nitrogen and oxygen atoms in total. The summed E-state index contributed by atoms with van der Waals surface area (Å²) >= 11 is 3.10. The number of anilines is 1. The van der Waals surface area contributed by atoms with E-state index in [4.69, 9.17) is 10.2 Å². The summed E-state index contributed by atoms with van der Waals surface area (Å²) in [7, 11) is 0. The zero-order chi connectivity index (χ0) is 18.7. The Bertz CT molecular complexity index is 749. The number of thiazole rings is 1. The zero-order valence-corrected chi connectivity index (χ0v) is 18.3. The van der Waals surface area contributed by atoms with Gasteiger partial charge < -0.3 is 15.5 Å². The second kappa shape index (κ2) is 9.41. The minimum absolute atomic E-state index is 0. The fourth-order valence-electron chi connectivity index (χ4n) is 2.83. The molecule has 9 heteroatoms. The van der Waals surface area contributed by atoms with E-state index in [1.807, 2.05) is 0 Å². The number of nitrogens with zero attached hydrogens (tertiary/aromatic N) is 2. The number of amides is 1. The van der Waals surface area contributed by atoms with Crippen molar-refractivity contribution in [2.24, 2.45) is 11.7 Å². The van der Waals surface area contributed by atoms with Crippen molar-refractivity contribution in [3.63, 3.8) is 0 Å². The third-order valence-electron chi connectivity index (χ3n) is 4.49. The van der Waals surface area contributed by atoms with Crippen LogP contribution in [-0.2, 0) is 16.0 Å². The molecule has 150 valence electrons. The van der Waals surface area contributed by atoms with E-state index < -0.39 is 0 Å². The van der Waals surface area contributed by atoms with E-state index in [9.17, 15) is 4.79 Å². The number of carbonyl (C=O) groups excluding carboxylic acids is 1. The van der Waals surface area contributed by atoms with Crippen LogP contribution in [0.25, 0.3) is 0 Å². The largest absolute Gasteiger partial charge is 0.444 e. The first-order valence-electron chi connectivity index (χ1n) is 8.91. The zero-order valence-electron chi connectivity index (χ0n) is 15.9. The summed E-state index contributed by atoms with van der Waals surface area (Å²) < 4.78 is 6.83. The van der Waals surface area contributed by atoms with Gasteiger partial charge in [0.1, 0.15) is 5.76 Å². The van der Waals surface area contributed by atoms with Gasteiger partial charge in [-0.3, -0.25) is 4.79 Å². The summed E-state index contributed by atoms with van der Waals surface area (Å²) in [4.78, 5) is 21.0. The molecule has 2 aromatic heterocycles. The molecule has 2 aromatic rings. The van der Waals surface area contributed by atoms with Gasteiger partial charge in [-0.1, -0.05) is 32.1 Å². The molecule has 3 N–H and O–H groups in total.